The molecule has 0 aromatic heterocycles. The molecule has 18 heteroatoms. The zero-order valence-corrected chi connectivity index (χ0v) is 27.4. The van der Waals surface area contributed by atoms with Crippen LogP contribution < -0.4 is 15.9 Å². The number of hydrogen-bond donors (Lipinski definition) is 0. The summed E-state index contributed by atoms with van der Waals surface area (Å²) in [6.07, 6.45) is -11.2. The van der Waals surface area contributed by atoms with Gasteiger partial charge in [-0.05, 0) is 53.9 Å². The monoisotopic (exact) mass is 799 g/mol. The van der Waals surface area contributed by atoms with Gasteiger partial charge in [-0.15, -0.1) is 0 Å². The summed E-state index contributed by atoms with van der Waals surface area (Å²) in [4.78, 5) is 0. The van der Waals surface area contributed by atoms with Crippen LogP contribution in [-0.2, 0) is 12.6 Å². The first-order valence-electron chi connectivity index (χ1n) is 15.1. The lowest BCUT2D eigenvalue weighted by atomic mass is 9.87. The van der Waals surface area contributed by atoms with Crippen molar-refractivity contribution in [2.75, 3.05) is 0 Å². The van der Waals surface area contributed by atoms with Gasteiger partial charge in [-0.3, -0.25) is 0 Å². The van der Waals surface area contributed by atoms with E-state index >= 15 is 0 Å². The standard InChI is InChI=1S/C35H25F17P/c36-28(37,29(38,39)30(40,41)31(42,43)32(44,45)33(46,47)34(48,49)35(50,51)52)21-20-23-16-18-27(19-17-23)53(25-12-6-2-7-13-25,26-14-8-3-9-15-26)22-24-10-4-1-5-11-24/h1-19H,20-22H2/q+1. The van der Waals surface area contributed by atoms with Crippen molar-refractivity contribution >= 4 is 23.2 Å². The molecule has 0 N–H and O–H groups in total. The molecule has 288 valence electrons. The minimum absolute atomic E-state index is 0.306. The van der Waals surface area contributed by atoms with Crippen molar-refractivity contribution in [3.63, 3.8) is 0 Å². The van der Waals surface area contributed by atoms with Crippen LogP contribution in [0.4, 0.5) is 74.6 Å². The lowest BCUT2D eigenvalue weighted by Gasteiger charge is -2.42. The van der Waals surface area contributed by atoms with Crippen molar-refractivity contribution in [3.05, 3.63) is 126 Å². The van der Waals surface area contributed by atoms with Gasteiger partial charge < -0.3 is 0 Å². The highest BCUT2D eigenvalue weighted by Crippen LogP contribution is 2.64. The summed E-state index contributed by atoms with van der Waals surface area (Å²) in [7, 11) is -2.67. The second-order valence-corrected chi connectivity index (χ2v) is 15.4. The minimum atomic E-state index is -8.65. The van der Waals surface area contributed by atoms with Crippen molar-refractivity contribution in [2.24, 2.45) is 0 Å². The molecular weight excluding hydrogens is 774 g/mol. The van der Waals surface area contributed by atoms with Crippen LogP contribution in [0.2, 0.25) is 0 Å². The van der Waals surface area contributed by atoms with Crippen LogP contribution >= 0.6 is 7.26 Å². The van der Waals surface area contributed by atoms with Gasteiger partial charge in [0.15, 0.2) is 0 Å². The third-order valence-electron chi connectivity index (χ3n) is 8.55. The van der Waals surface area contributed by atoms with Gasteiger partial charge >= 0.3 is 47.6 Å². The van der Waals surface area contributed by atoms with Crippen LogP contribution in [0, 0.1) is 0 Å². The average molecular weight is 800 g/mol. The smallest absolute Gasteiger partial charge is 0.200 e. The summed E-state index contributed by atoms with van der Waals surface area (Å²) in [5, 5.41) is 2.28. The molecule has 4 aromatic rings. The van der Waals surface area contributed by atoms with E-state index in [2.05, 4.69) is 0 Å². The van der Waals surface area contributed by atoms with Gasteiger partial charge in [-0.2, -0.15) is 74.6 Å². The number of rotatable bonds is 14. The Morgan fingerprint density at radius 1 is 0.340 bits per heavy atom. The molecule has 0 aliphatic rings. The second-order valence-electron chi connectivity index (χ2n) is 11.9. The molecular formula is C35H25F17P+. The molecule has 4 rings (SSSR count). The van der Waals surface area contributed by atoms with E-state index in [4.69, 9.17) is 0 Å². The third-order valence-corrected chi connectivity index (χ3v) is 12.9. The molecule has 0 unspecified atom stereocenters. The fourth-order valence-corrected chi connectivity index (χ4v) is 9.74. The molecule has 53 heavy (non-hydrogen) atoms. The molecule has 0 fully saturated rings. The van der Waals surface area contributed by atoms with Crippen LogP contribution in [0.1, 0.15) is 17.5 Å². The summed E-state index contributed by atoms with van der Waals surface area (Å²) in [6, 6.07) is 32.2. The van der Waals surface area contributed by atoms with Gasteiger partial charge in [-0.1, -0.05) is 78.9 Å². The van der Waals surface area contributed by atoms with E-state index in [0.29, 0.717) is 11.5 Å². The van der Waals surface area contributed by atoms with Crippen molar-refractivity contribution in [1.29, 1.82) is 0 Å². The van der Waals surface area contributed by atoms with Gasteiger partial charge in [-0.25, -0.2) is 0 Å². The van der Waals surface area contributed by atoms with E-state index in [0.717, 1.165) is 28.3 Å². The Balaban J connectivity index is 1.68. The zero-order valence-electron chi connectivity index (χ0n) is 26.5. The summed E-state index contributed by atoms with van der Waals surface area (Å²) >= 11 is 0. The molecule has 0 aliphatic heterocycles. The molecule has 0 saturated heterocycles. The summed E-state index contributed by atoms with van der Waals surface area (Å²) in [5.41, 5.74) is 0.572. The average Bonchev–Trinajstić information content (AvgIpc) is 3.10. The van der Waals surface area contributed by atoms with E-state index in [1.807, 2.05) is 36.4 Å². The second kappa shape index (κ2) is 14.1. The summed E-state index contributed by atoms with van der Waals surface area (Å²) in [5.74, 6) is -56.4. The third kappa shape index (κ3) is 6.86. The summed E-state index contributed by atoms with van der Waals surface area (Å²) < 4.78 is 233. The molecule has 0 bridgehead atoms. The van der Waals surface area contributed by atoms with Gasteiger partial charge in [0, 0.05) is 6.42 Å². The van der Waals surface area contributed by atoms with Crippen molar-refractivity contribution in [2.45, 2.75) is 66.6 Å². The highest BCUT2D eigenvalue weighted by atomic mass is 31.2. The molecule has 0 nitrogen and oxygen atoms in total. The van der Waals surface area contributed by atoms with Crippen LogP contribution in [-0.4, -0.2) is 47.6 Å². The first-order chi connectivity index (χ1) is 24.2. The molecule has 0 atom stereocenters. The van der Waals surface area contributed by atoms with Crippen LogP contribution in [0.5, 0.6) is 0 Å². The van der Waals surface area contributed by atoms with Gasteiger partial charge in [0.1, 0.15) is 23.2 Å². The molecule has 0 heterocycles. The number of aryl methyl sites for hydroxylation is 1. The van der Waals surface area contributed by atoms with Gasteiger partial charge in [0.2, 0.25) is 0 Å². The maximum absolute atomic E-state index is 14.7. The fourth-order valence-electron chi connectivity index (χ4n) is 5.52. The largest absolute Gasteiger partial charge is 0.460 e. The Bertz CT molecular complexity index is 1770. The molecule has 0 radical (unpaired) electrons. The van der Waals surface area contributed by atoms with E-state index in [1.54, 1.807) is 54.6 Å². The van der Waals surface area contributed by atoms with Gasteiger partial charge in [0.25, 0.3) is 0 Å². The normalized spacial score (nSPS) is 14.4. The molecule has 0 saturated carbocycles. The SMILES string of the molecule is FC(F)(F)C(F)(F)C(F)(F)C(F)(F)C(F)(F)C(F)(F)C(F)(F)C(F)(F)CCc1ccc([P+](Cc2ccccc2)(c2ccccc2)c2ccccc2)cc1. The van der Waals surface area contributed by atoms with Crippen LogP contribution in [0.25, 0.3) is 0 Å². The maximum atomic E-state index is 14.7. The highest BCUT2D eigenvalue weighted by Gasteiger charge is 2.95. The predicted octanol–water partition coefficient (Wildman–Crippen LogP) is 11.1. The zero-order chi connectivity index (χ0) is 39.9. The minimum Gasteiger partial charge on any atom is -0.200 e. The molecule has 0 amide bonds. The highest BCUT2D eigenvalue weighted by molar-refractivity contribution is 7.95. The Hall–Kier alpha value is -3.88. The quantitative estimate of drug-likeness (QED) is 0.0880. The lowest BCUT2D eigenvalue weighted by Crippen LogP contribution is -2.74. The molecule has 0 aliphatic carbocycles. The lowest BCUT2D eigenvalue weighted by molar-refractivity contribution is -0.461. The van der Waals surface area contributed by atoms with Crippen molar-refractivity contribution in [1.82, 2.24) is 0 Å². The predicted molar refractivity (Wildman–Crippen MR) is 164 cm³/mol. The van der Waals surface area contributed by atoms with E-state index in [-0.39, 0.29) is 5.56 Å². The number of benzene rings is 4. The van der Waals surface area contributed by atoms with Crippen molar-refractivity contribution in [3.8, 4) is 0 Å². The first-order valence-corrected chi connectivity index (χ1v) is 17.0. The number of alkyl halides is 17. The van der Waals surface area contributed by atoms with Crippen molar-refractivity contribution < 1.29 is 74.6 Å². The van der Waals surface area contributed by atoms with Crippen LogP contribution in [0.15, 0.2) is 115 Å². The van der Waals surface area contributed by atoms with E-state index < -0.39 is 67.7 Å². The topological polar surface area (TPSA) is 0 Å². The Morgan fingerprint density at radius 3 is 1.08 bits per heavy atom. The molecule has 0 spiro atoms. The Kier molecular flexibility index (Phi) is 11.1. The maximum Gasteiger partial charge on any atom is 0.460 e. The number of halogens is 17. The van der Waals surface area contributed by atoms with Crippen LogP contribution in [0.3, 0.4) is 0 Å². The summed E-state index contributed by atoms with van der Waals surface area (Å²) in [6.45, 7) is 0. The Morgan fingerprint density at radius 2 is 0.679 bits per heavy atom. The first kappa shape index (κ1) is 41.9. The number of hydrogen-bond acceptors (Lipinski definition) is 0. The van der Waals surface area contributed by atoms with E-state index in [1.165, 1.54) is 12.1 Å². The fraction of sp³-hybridized carbons (Fsp3) is 0.314. The Labute approximate surface area is 291 Å². The van der Waals surface area contributed by atoms with E-state index in [9.17, 15) is 74.6 Å². The van der Waals surface area contributed by atoms with Gasteiger partial charge in [0.05, 0.1) is 6.16 Å². The molecule has 4 aromatic carbocycles.